The third-order valence-corrected chi connectivity index (χ3v) is 3.62. The third-order valence-electron chi connectivity index (χ3n) is 3.37. The number of aromatic nitrogens is 1. The number of ether oxygens (including phenoxy) is 1. The molecule has 0 aliphatic carbocycles. The molecule has 0 spiro atoms. The van der Waals surface area contributed by atoms with Gasteiger partial charge in [0.15, 0.2) is 0 Å². The summed E-state index contributed by atoms with van der Waals surface area (Å²) in [7, 11) is 1.32. The van der Waals surface area contributed by atoms with E-state index in [-0.39, 0.29) is 5.78 Å². The van der Waals surface area contributed by atoms with Crippen molar-refractivity contribution in [2.24, 2.45) is 0 Å². The quantitative estimate of drug-likeness (QED) is 0.527. The molecule has 0 unspecified atom stereocenters. The van der Waals surface area contributed by atoms with E-state index in [1.165, 1.54) is 13.2 Å². The fraction of sp³-hybridized carbons (Fsp3) is 0.176. The van der Waals surface area contributed by atoms with Crippen LogP contribution in [0.5, 0.6) is 0 Å². The Hall–Kier alpha value is -2.33. The lowest BCUT2D eigenvalue weighted by molar-refractivity contribution is 0.0599. The zero-order chi connectivity index (χ0) is 16.3. The van der Waals surface area contributed by atoms with Gasteiger partial charge in [-0.2, -0.15) is 0 Å². The predicted molar refractivity (Wildman–Crippen MR) is 86.4 cm³/mol. The van der Waals surface area contributed by atoms with Gasteiger partial charge in [0, 0.05) is 10.7 Å². The fourth-order valence-corrected chi connectivity index (χ4v) is 2.36. The predicted octanol–water partition coefficient (Wildman–Crippen LogP) is 3.97. The van der Waals surface area contributed by atoms with Crippen LogP contribution >= 0.6 is 11.6 Å². The minimum absolute atomic E-state index is 0.203. The number of methoxy groups -OCH3 is 1. The van der Waals surface area contributed by atoms with E-state index in [1.54, 1.807) is 32.1 Å². The first kappa shape index (κ1) is 16.0. The van der Waals surface area contributed by atoms with Crippen molar-refractivity contribution in [1.29, 1.82) is 0 Å². The van der Waals surface area contributed by atoms with E-state index in [0.29, 0.717) is 27.5 Å². The summed E-state index contributed by atoms with van der Waals surface area (Å²) in [6.45, 7) is 3.46. The third kappa shape index (κ3) is 3.28. The molecule has 0 radical (unpaired) electrons. The van der Waals surface area contributed by atoms with Gasteiger partial charge in [-0.25, -0.2) is 4.79 Å². The molecule has 0 fully saturated rings. The van der Waals surface area contributed by atoms with E-state index >= 15 is 0 Å². The number of hydrogen-bond acceptors (Lipinski definition) is 3. The molecular formula is C17H16ClNO3. The molecule has 0 saturated carbocycles. The van der Waals surface area contributed by atoms with Gasteiger partial charge in [-0.05, 0) is 43.2 Å². The number of carbonyl (C=O) groups excluding carboxylic acids is 2. The average molecular weight is 318 g/mol. The summed E-state index contributed by atoms with van der Waals surface area (Å²) in [4.78, 5) is 27.0. The van der Waals surface area contributed by atoms with Gasteiger partial charge in [0.05, 0.1) is 18.4 Å². The minimum atomic E-state index is -0.452. The molecule has 2 rings (SSSR count). The summed E-state index contributed by atoms with van der Waals surface area (Å²) in [6, 6.07) is 7.15. The van der Waals surface area contributed by atoms with Crippen LogP contribution in [0.3, 0.4) is 0 Å². The van der Waals surface area contributed by atoms with Crippen LogP contribution in [0.4, 0.5) is 0 Å². The number of H-pyrrole nitrogens is 1. The number of aryl methyl sites for hydroxylation is 1. The fourth-order valence-electron chi connectivity index (χ4n) is 2.23. The number of halogens is 1. The Morgan fingerprint density at radius 2 is 1.82 bits per heavy atom. The number of allylic oxidation sites excluding steroid dienone is 1. The number of esters is 1. The maximum absolute atomic E-state index is 12.3. The highest BCUT2D eigenvalue weighted by Gasteiger charge is 2.21. The topological polar surface area (TPSA) is 59.2 Å². The van der Waals surface area contributed by atoms with E-state index in [9.17, 15) is 9.59 Å². The van der Waals surface area contributed by atoms with Crippen molar-refractivity contribution in [3.8, 4) is 0 Å². The van der Waals surface area contributed by atoms with Crippen molar-refractivity contribution in [1.82, 2.24) is 4.98 Å². The highest BCUT2D eigenvalue weighted by Crippen LogP contribution is 2.20. The first-order valence-corrected chi connectivity index (χ1v) is 7.07. The van der Waals surface area contributed by atoms with Crippen LogP contribution in [0.2, 0.25) is 5.02 Å². The van der Waals surface area contributed by atoms with Crippen LogP contribution in [0.1, 0.15) is 37.7 Å². The standard InChI is InChI=1S/C17H16ClNO3/c1-10-15(17(21)22-3)11(2)19-16(10)14(20)9-6-12-4-7-13(18)8-5-12/h4-9,19H,1-3H3/b9-6+. The summed E-state index contributed by atoms with van der Waals surface area (Å²) in [6.07, 6.45) is 3.16. The molecule has 0 atom stereocenters. The largest absolute Gasteiger partial charge is 0.465 e. The lowest BCUT2D eigenvalue weighted by atomic mass is 10.1. The van der Waals surface area contributed by atoms with Crippen LogP contribution in [-0.2, 0) is 4.74 Å². The zero-order valence-electron chi connectivity index (χ0n) is 12.6. The number of ketones is 1. The minimum Gasteiger partial charge on any atom is -0.465 e. The summed E-state index contributed by atoms with van der Waals surface area (Å²) in [5.74, 6) is -0.655. The first-order chi connectivity index (χ1) is 10.4. The van der Waals surface area contributed by atoms with Crippen LogP contribution in [0.15, 0.2) is 30.3 Å². The van der Waals surface area contributed by atoms with Crippen LogP contribution < -0.4 is 0 Å². The normalized spacial score (nSPS) is 10.9. The lowest BCUT2D eigenvalue weighted by Crippen LogP contribution is -2.04. The summed E-state index contributed by atoms with van der Waals surface area (Å²) < 4.78 is 4.73. The molecule has 1 aromatic heterocycles. The van der Waals surface area contributed by atoms with Gasteiger partial charge in [0.2, 0.25) is 5.78 Å². The van der Waals surface area contributed by atoms with Gasteiger partial charge in [0.25, 0.3) is 0 Å². The molecule has 0 saturated heterocycles. The zero-order valence-corrected chi connectivity index (χ0v) is 13.3. The Kier molecular flexibility index (Phi) is 4.83. The van der Waals surface area contributed by atoms with Gasteiger partial charge in [-0.15, -0.1) is 0 Å². The molecular weight excluding hydrogens is 302 g/mol. The Labute approximate surface area is 133 Å². The maximum Gasteiger partial charge on any atom is 0.339 e. The van der Waals surface area contributed by atoms with Crippen molar-refractivity contribution < 1.29 is 14.3 Å². The van der Waals surface area contributed by atoms with E-state index < -0.39 is 5.97 Å². The Morgan fingerprint density at radius 3 is 2.41 bits per heavy atom. The highest BCUT2D eigenvalue weighted by atomic mass is 35.5. The van der Waals surface area contributed by atoms with Crippen molar-refractivity contribution in [2.45, 2.75) is 13.8 Å². The highest BCUT2D eigenvalue weighted by molar-refractivity contribution is 6.30. The molecule has 1 aromatic carbocycles. The number of hydrogen-bond donors (Lipinski definition) is 1. The van der Waals surface area contributed by atoms with Gasteiger partial charge in [-0.3, -0.25) is 4.79 Å². The molecule has 0 aliphatic heterocycles. The van der Waals surface area contributed by atoms with Crippen molar-refractivity contribution in [3.63, 3.8) is 0 Å². The number of benzene rings is 1. The second-order valence-corrected chi connectivity index (χ2v) is 5.30. The molecule has 2 aromatic rings. The SMILES string of the molecule is COC(=O)c1c(C)[nH]c(C(=O)/C=C/c2ccc(Cl)cc2)c1C. The molecule has 5 heteroatoms. The summed E-state index contributed by atoms with van der Waals surface area (Å²) in [5.41, 5.74) is 2.88. The Bertz CT molecular complexity index is 742. The maximum atomic E-state index is 12.3. The molecule has 4 nitrogen and oxygen atoms in total. The second kappa shape index (κ2) is 6.62. The average Bonchev–Trinajstić information content (AvgIpc) is 2.80. The van der Waals surface area contributed by atoms with Gasteiger partial charge in [-0.1, -0.05) is 29.8 Å². The van der Waals surface area contributed by atoms with E-state index in [2.05, 4.69) is 4.98 Å². The molecule has 1 heterocycles. The number of aromatic amines is 1. The molecule has 114 valence electrons. The molecule has 0 bridgehead atoms. The van der Waals surface area contributed by atoms with Crippen LogP contribution in [-0.4, -0.2) is 23.8 Å². The molecule has 0 aliphatic rings. The molecule has 1 N–H and O–H groups in total. The van der Waals surface area contributed by atoms with Crippen molar-refractivity contribution in [3.05, 3.63) is 63.4 Å². The number of rotatable bonds is 4. The Balaban J connectivity index is 2.27. The monoisotopic (exact) mass is 317 g/mol. The van der Waals surface area contributed by atoms with Crippen LogP contribution in [0, 0.1) is 13.8 Å². The molecule has 22 heavy (non-hydrogen) atoms. The Morgan fingerprint density at radius 1 is 1.18 bits per heavy atom. The lowest BCUT2D eigenvalue weighted by Gasteiger charge is -1.99. The van der Waals surface area contributed by atoms with Crippen molar-refractivity contribution >= 4 is 29.4 Å². The van der Waals surface area contributed by atoms with Gasteiger partial charge in [0.1, 0.15) is 0 Å². The van der Waals surface area contributed by atoms with E-state index in [4.69, 9.17) is 16.3 Å². The van der Waals surface area contributed by atoms with E-state index in [1.807, 2.05) is 12.1 Å². The summed E-state index contributed by atoms with van der Waals surface area (Å²) in [5, 5.41) is 0.641. The van der Waals surface area contributed by atoms with Gasteiger partial charge >= 0.3 is 5.97 Å². The number of nitrogens with one attached hydrogen (secondary N) is 1. The van der Waals surface area contributed by atoms with Gasteiger partial charge < -0.3 is 9.72 Å². The van der Waals surface area contributed by atoms with Crippen LogP contribution in [0.25, 0.3) is 6.08 Å². The second-order valence-electron chi connectivity index (χ2n) is 4.87. The van der Waals surface area contributed by atoms with E-state index in [0.717, 1.165) is 5.56 Å². The smallest absolute Gasteiger partial charge is 0.339 e. The first-order valence-electron chi connectivity index (χ1n) is 6.69. The van der Waals surface area contributed by atoms with Crippen molar-refractivity contribution in [2.75, 3.05) is 7.11 Å². The summed E-state index contributed by atoms with van der Waals surface area (Å²) >= 11 is 5.81. The number of carbonyl (C=O) groups is 2. The molecule has 0 amide bonds.